The first-order valence-corrected chi connectivity index (χ1v) is 10.0. The predicted octanol–water partition coefficient (Wildman–Crippen LogP) is 4.86. The molecular weight excluding hydrogens is 398 g/mol. The van der Waals surface area contributed by atoms with Gasteiger partial charge in [-0.25, -0.2) is 13.8 Å². The van der Waals surface area contributed by atoms with Crippen LogP contribution < -0.4 is 5.32 Å². The number of H-pyrrole nitrogens is 2. The smallest absolute Gasteiger partial charge is 0.186 e. The molecule has 3 aromatic heterocycles. The predicted molar refractivity (Wildman–Crippen MR) is 116 cm³/mol. The van der Waals surface area contributed by atoms with Crippen molar-refractivity contribution in [2.75, 3.05) is 6.54 Å². The van der Waals surface area contributed by atoms with Crippen molar-refractivity contribution in [2.24, 2.45) is 0 Å². The monoisotopic (exact) mass is 418 g/mol. The second-order valence-electron chi connectivity index (χ2n) is 7.43. The molecule has 5 aromatic rings. The Labute approximate surface area is 176 Å². The van der Waals surface area contributed by atoms with Gasteiger partial charge in [0.05, 0.1) is 11.0 Å². The molecule has 8 heteroatoms. The SMILES string of the molecule is CCNCc1cncc(-c2ccc3[nH]nc(-c4nc5c(F)c(F)ccc5[nH]4)c3c2)c1C. The number of hydrogen-bond donors (Lipinski definition) is 3. The molecule has 31 heavy (non-hydrogen) atoms. The average Bonchev–Trinajstić information content (AvgIpc) is 3.39. The lowest BCUT2D eigenvalue weighted by molar-refractivity contribution is 0.515. The highest BCUT2D eigenvalue weighted by molar-refractivity contribution is 5.96. The van der Waals surface area contributed by atoms with Crippen LogP contribution in [0, 0.1) is 18.6 Å². The molecule has 3 N–H and O–H groups in total. The summed E-state index contributed by atoms with van der Waals surface area (Å²) >= 11 is 0. The highest BCUT2D eigenvalue weighted by atomic mass is 19.2. The molecule has 0 aliphatic carbocycles. The zero-order chi connectivity index (χ0) is 21.5. The molecule has 0 spiro atoms. The average molecular weight is 418 g/mol. The topological polar surface area (TPSA) is 82.3 Å². The molecule has 2 aromatic carbocycles. The number of nitrogens with one attached hydrogen (secondary N) is 3. The summed E-state index contributed by atoms with van der Waals surface area (Å²) in [4.78, 5) is 11.7. The Morgan fingerprint density at radius 2 is 1.90 bits per heavy atom. The van der Waals surface area contributed by atoms with Gasteiger partial charge in [0.1, 0.15) is 11.2 Å². The number of benzene rings is 2. The molecule has 156 valence electrons. The zero-order valence-electron chi connectivity index (χ0n) is 17.1. The Morgan fingerprint density at radius 3 is 2.74 bits per heavy atom. The molecule has 0 aliphatic heterocycles. The van der Waals surface area contributed by atoms with Gasteiger partial charge in [0.2, 0.25) is 0 Å². The van der Waals surface area contributed by atoms with Crippen molar-refractivity contribution < 1.29 is 8.78 Å². The van der Waals surface area contributed by atoms with E-state index in [-0.39, 0.29) is 5.52 Å². The van der Waals surface area contributed by atoms with E-state index in [9.17, 15) is 8.78 Å². The van der Waals surface area contributed by atoms with Gasteiger partial charge in [0.15, 0.2) is 17.5 Å². The van der Waals surface area contributed by atoms with Crippen LogP contribution in [0.15, 0.2) is 42.7 Å². The van der Waals surface area contributed by atoms with Gasteiger partial charge in [-0.05, 0) is 54.4 Å². The number of aromatic amines is 2. The van der Waals surface area contributed by atoms with E-state index >= 15 is 0 Å². The minimum atomic E-state index is -0.972. The van der Waals surface area contributed by atoms with Gasteiger partial charge in [-0.2, -0.15) is 5.10 Å². The Kier molecular flexibility index (Phi) is 4.71. The third-order valence-corrected chi connectivity index (χ3v) is 5.53. The molecular formula is C23H20F2N6. The molecule has 0 saturated carbocycles. The minimum absolute atomic E-state index is 0.0431. The maximum atomic E-state index is 14.1. The largest absolute Gasteiger partial charge is 0.336 e. The van der Waals surface area contributed by atoms with E-state index in [4.69, 9.17) is 0 Å². The number of pyridine rings is 1. The van der Waals surface area contributed by atoms with Gasteiger partial charge < -0.3 is 10.3 Å². The fraction of sp³-hybridized carbons (Fsp3) is 0.174. The van der Waals surface area contributed by atoms with Crippen molar-refractivity contribution in [1.82, 2.24) is 30.5 Å². The fourth-order valence-corrected chi connectivity index (χ4v) is 3.79. The second-order valence-corrected chi connectivity index (χ2v) is 7.43. The van der Waals surface area contributed by atoms with E-state index < -0.39 is 11.6 Å². The van der Waals surface area contributed by atoms with Crippen LogP contribution in [0.5, 0.6) is 0 Å². The lowest BCUT2D eigenvalue weighted by atomic mass is 9.98. The summed E-state index contributed by atoms with van der Waals surface area (Å²) in [5.74, 6) is -1.53. The van der Waals surface area contributed by atoms with Gasteiger partial charge in [0, 0.05) is 29.9 Å². The normalized spacial score (nSPS) is 11.6. The number of hydrogen-bond acceptors (Lipinski definition) is 4. The third kappa shape index (κ3) is 3.25. The third-order valence-electron chi connectivity index (χ3n) is 5.53. The van der Waals surface area contributed by atoms with E-state index in [0.717, 1.165) is 52.3 Å². The summed E-state index contributed by atoms with van der Waals surface area (Å²) in [7, 11) is 0. The van der Waals surface area contributed by atoms with Crippen molar-refractivity contribution in [2.45, 2.75) is 20.4 Å². The summed E-state index contributed by atoms with van der Waals surface area (Å²) in [6.45, 7) is 5.79. The molecule has 5 rings (SSSR count). The van der Waals surface area contributed by atoms with Crippen LogP contribution in [0.4, 0.5) is 8.78 Å². The van der Waals surface area contributed by atoms with Crippen LogP contribution in [0.25, 0.3) is 44.6 Å². The summed E-state index contributed by atoms with van der Waals surface area (Å²) in [6, 6.07) is 8.52. The van der Waals surface area contributed by atoms with Crippen LogP contribution in [-0.2, 0) is 6.54 Å². The van der Waals surface area contributed by atoms with Crippen molar-refractivity contribution in [3.63, 3.8) is 0 Å². The lowest BCUT2D eigenvalue weighted by Crippen LogP contribution is -2.13. The Morgan fingerprint density at radius 1 is 1.06 bits per heavy atom. The molecule has 0 atom stereocenters. The first-order valence-electron chi connectivity index (χ1n) is 10.0. The fourth-order valence-electron chi connectivity index (χ4n) is 3.79. The maximum Gasteiger partial charge on any atom is 0.186 e. The van der Waals surface area contributed by atoms with E-state index in [1.165, 1.54) is 6.07 Å². The number of rotatable bonds is 5. The van der Waals surface area contributed by atoms with Crippen LogP contribution in [0.1, 0.15) is 18.1 Å². The van der Waals surface area contributed by atoms with E-state index in [2.05, 4.69) is 44.3 Å². The molecule has 0 saturated heterocycles. The zero-order valence-corrected chi connectivity index (χ0v) is 17.1. The lowest BCUT2D eigenvalue weighted by Gasteiger charge is -2.11. The molecule has 0 radical (unpaired) electrons. The molecule has 0 bridgehead atoms. The molecule has 6 nitrogen and oxygen atoms in total. The Bertz CT molecular complexity index is 1420. The quantitative estimate of drug-likeness (QED) is 0.381. The number of imidazole rings is 1. The first-order chi connectivity index (χ1) is 15.1. The van der Waals surface area contributed by atoms with E-state index in [1.54, 1.807) is 0 Å². The van der Waals surface area contributed by atoms with Gasteiger partial charge in [-0.1, -0.05) is 13.0 Å². The van der Waals surface area contributed by atoms with Crippen LogP contribution >= 0.6 is 0 Å². The second kappa shape index (κ2) is 7.55. The Hall–Kier alpha value is -3.65. The van der Waals surface area contributed by atoms with Gasteiger partial charge in [-0.15, -0.1) is 0 Å². The maximum absolute atomic E-state index is 14.1. The van der Waals surface area contributed by atoms with Crippen molar-refractivity contribution in [3.8, 4) is 22.6 Å². The summed E-state index contributed by atoms with van der Waals surface area (Å²) in [5, 5.41) is 11.5. The Balaban J connectivity index is 1.63. The van der Waals surface area contributed by atoms with Crippen LogP contribution in [0.2, 0.25) is 0 Å². The first kappa shape index (κ1) is 19.3. The summed E-state index contributed by atoms with van der Waals surface area (Å²) < 4.78 is 27.7. The van der Waals surface area contributed by atoms with E-state index in [0.29, 0.717) is 17.0 Å². The molecule has 0 amide bonds. The number of fused-ring (bicyclic) bond motifs is 2. The van der Waals surface area contributed by atoms with Crippen molar-refractivity contribution in [3.05, 3.63) is 65.5 Å². The van der Waals surface area contributed by atoms with Crippen LogP contribution in [0.3, 0.4) is 0 Å². The summed E-state index contributed by atoms with van der Waals surface area (Å²) in [6.07, 6.45) is 3.73. The van der Waals surface area contributed by atoms with Gasteiger partial charge >= 0.3 is 0 Å². The standard InChI is InChI=1S/C23H20F2N6/c1-3-26-9-14-10-27-11-16(12(14)2)13-4-6-18-15(8-13)21(31-30-18)23-28-19-7-5-17(24)20(25)22(19)29-23/h4-8,10-11,26H,3,9H2,1-2H3,(H,28,29)(H,30,31). The summed E-state index contributed by atoms with van der Waals surface area (Å²) in [5.41, 5.74) is 6.05. The van der Waals surface area contributed by atoms with Gasteiger partial charge in [-0.3, -0.25) is 10.1 Å². The highest BCUT2D eigenvalue weighted by Crippen LogP contribution is 2.32. The van der Waals surface area contributed by atoms with Crippen molar-refractivity contribution >= 4 is 21.9 Å². The van der Waals surface area contributed by atoms with Gasteiger partial charge in [0.25, 0.3) is 0 Å². The number of aromatic nitrogens is 5. The van der Waals surface area contributed by atoms with Crippen molar-refractivity contribution in [1.29, 1.82) is 0 Å². The molecule has 0 aliphatic rings. The van der Waals surface area contributed by atoms with Crippen LogP contribution in [-0.4, -0.2) is 31.7 Å². The molecule has 0 fully saturated rings. The number of nitrogens with zero attached hydrogens (tertiary/aromatic N) is 3. The van der Waals surface area contributed by atoms with E-state index in [1.807, 2.05) is 30.6 Å². The molecule has 0 unspecified atom stereocenters. The number of halogens is 2. The minimum Gasteiger partial charge on any atom is -0.336 e. The molecule has 3 heterocycles. The highest BCUT2D eigenvalue weighted by Gasteiger charge is 2.17.